The van der Waals surface area contributed by atoms with Crippen LogP contribution in [0.4, 0.5) is 0 Å². The van der Waals surface area contributed by atoms with Crippen molar-refractivity contribution >= 4 is 5.91 Å². The van der Waals surface area contributed by atoms with E-state index in [1.807, 2.05) is 30.3 Å². The second kappa shape index (κ2) is 11.6. The lowest BCUT2D eigenvalue weighted by molar-refractivity contribution is 0.0953. The Balaban J connectivity index is 1.49. The van der Waals surface area contributed by atoms with Crippen molar-refractivity contribution in [3.63, 3.8) is 0 Å². The maximum atomic E-state index is 12.9. The van der Waals surface area contributed by atoms with E-state index in [0.29, 0.717) is 38.3 Å². The van der Waals surface area contributed by atoms with Gasteiger partial charge in [-0.1, -0.05) is 48.5 Å². The molecule has 3 aromatic carbocycles. The van der Waals surface area contributed by atoms with E-state index in [4.69, 9.17) is 9.47 Å². The van der Waals surface area contributed by atoms with Crippen molar-refractivity contribution in [3.8, 4) is 5.75 Å². The summed E-state index contributed by atoms with van der Waals surface area (Å²) in [5.41, 5.74) is 6.59. The summed E-state index contributed by atoms with van der Waals surface area (Å²) in [5.74, 6) is 0.739. The maximum Gasteiger partial charge on any atom is 0.251 e. The van der Waals surface area contributed by atoms with Crippen LogP contribution in [-0.4, -0.2) is 38.8 Å². The smallest absolute Gasteiger partial charge is 0.251 e. The molecule has 0 fully saturated rings. The highest BCUT2D eigenvalue weighted by molar-refractivity contribution is 5.94. The van der Waals surface area contributed by atoms with Gasteiger partial charge in [0.25, 0.3) is 5.91 Å². The van der Waals surface area contributed by atoms with Crippen LogP contribution in [0.2, 0.25) is 0 Å². The van der Waals surface area contributed by atoms with Gasteiger partial charge in [-0.15, -0.1) is 0 Å². The van der Waals surface area contributed by atoms with Gasteiger partial charge in [-0.25, -0.2) is 0 Å². The van der Waals surface area contributed by atoms with E-state index >= 15 is 0 Å². The molecule has 0 aromatic heterocycles. The van der Waals surface area contributed by atoms with E-state index in [1.54, 1.807) is 0 Å². The molecule has 4 rings (SSSR count). The molecule has 1 heterocycles. The zero-order chi connectivity index (χ0) is 22.9. The van der Waals surface area contributed by atoms with Gasteiger partial charge in [0, 0.05) is 31.6 Å². The van der Waals surface area contributed by atoms with Gasteiger partial charge in [-0.05, 0) is 59.4 Å². The summed E-state index contributed by atoms with van der Waals surface area (Å²) in [7, 11) is 0. The minimum absolute atomic E-state index is 0.0629. The number of benzene rings is 3. The monoisotopic (exact) mass is 444 g/mol. The van der Waals surface area contributed by atoms with Crippen LogP contribution in [0.5, 0.6) is 5.75 Å². The highest BCUT2D eigenvalue weighted by atomic mass is 16.5. The average molecular weight is 445 g/mol. The highest BCUT2D eigenvalue weighted by Gasteiger charge is 2.12. The lowest BCUT2D eigenvalue weighted by Gasteiger charge is -2.15. The first kappa shape index (κ1) is 23.0. The fourth-order valence-corrected chi connectivity index (χ4v) is 4.06. The Bertz CT molecular complexity index is 1080. The molecule has 3 aromatic rings. The number of ether oxygens (including phenoxy) is 2. The molecule has 0 spiro atoms. The van der Waals surface area contributed by atoms with E-state index in [1.165, 1.54) is 22.3 Å². The van der Waals surface area contributed by atoms with Crippen molar-refractivity contribution in [3.05, 3.63) is 100 Å². The Morgan fingerprint density at radius 3 is 2.76 bits per heavy atom. The molecule has 2 N–H and O–H groups in total. The summed E-state index contributed by atoms with van der Waals surface area (Å²) in [5, 5.41) is 6.47. The molecule has 0 saturated carbocycles. The van der Waals surface area contributed by atoms with Crippen LogP contribution < -0.4 is 15.4 Å². The van der Waals surface area contributed by atoms with E-state index in [0.717, 1.165) is 30.8 Å². The Hall–Kier alpha value is -3.15. The van der Waals surface area contributed by atoms with Crippen molar-refractivity contribution in [1.82, 2.24) is 10.6 Å². The number of rotatable bonds is 4. The van der Waals surface area contributed by atoms with Crippen LogP contribution in [0.15, 0.2) is 66.7 Å². The Morgan fingerprint density at radius 2 is 1.85 bits per heavy atom. The molecule has 33 heavy (non-hydrogen) atoms. The van der Waals surface area contributed by atoms with Crippen molar-refractivity contribution in [2.24, 2.45) is 0 Å². The Labute approximate surface area is 196 Å². The Kier molecular flexibility index (Phi) is 8.12. The number of hydrogen-bond acceptors (Lipinski definition) is 4. The molecule has 5 heteroatoms. The summed E-state index contributed by atoms with van der Waals surface area (Å²) >= 11 is 0. The number of fused-ring (bicyclic) bond motifs is 3. The van der Waals surface area contributed by atoms with Gasteiger partial charge in [0.05, 0.1) is 13.2 Å². The SMILES string of the molecule is Cc1ccccc1CCNC(=O)c1ccc2c(c1)Cc1cccc(c1)CNCCOCCO2. The lowest BCUT2D eigenvalue weighted by Crippen LogP contribution is -2.26. The van der Waals surface area contributed by atoms with Crippen LogP contribution in [-0.2, 0) is 24.1 Å². The average Bonchev–Trinajstić information content (AvgIpc) is 2.82. The second-order valence-electron chi connectivity index (χ2n) is 8.39. The molecule has 5 nitrogen and oxygen atoms in total. The quantitative estimate of drug-likeness (QED) is 0.637. The standard InChI is InChI=1S/C28H32N2O3/c1-21-5-2-3-8-24(21)11-12-30-28(31)25-9-10-27-26(19-25)18-22-6-4-7-23(17-22)20-29-13-14-32-15-16-33-27/h2-10,17,19,29H,11-16,18,20H2,1H3,(H,30,31). The third-order valence-electron chi connectivity index (χ3n) is 5.89. The Morgan fingerprint density at radius 1 is 0.970 bits per heavy atom. The van der Waals surface area contributed by atoms with Crippen molar-refractivity contribution in [2.75, 3.05) is 32.9 Å². The maximum absolute atomic E-state index is 12.9. The van der Waals surface area contributed by atoms with Gasteiger partial charge in [-0.2, -0.15) is 0 Å². The number of aryl methyl sites for hydroxylation is 1. The van der Waals surface area contributed by atoms with Crippen molar-refractivity contribution in [1.29, 1.82) is 0 Å². The summed E-state index contributed by atoms with van der Waals surface area (Å²) in [4.78, 5) is 12.9. The van der Waals surface area contributed by atoms with Gasteiger partial charge in [0.1, 0.15) is 12.4 Å². The zero-order valence-corrected chi connectivity index (χ0v) is 19.2. The first-order valence-electron chi connectivity index (χ1n) is 11.6. The molecule has 172 valence electrons. The number of amides is 1. The van der Waals surface area contributed by atoms with E-state index < -0.39 is 0 Å². The third kappa shape index (κ3) is 6.67. The molecule has 1 amide bonds. The summed E-state index contributed by atoms with van der Waals surface area (Å²) < 4.78 is 11.7. The molecule has 0 saturated heterocycles. The van der Waals surface area contributed by atoms with Gasteiger partial charge in [-0.3, -0.25) is 4.79 Å². The summed E-state index contributed by atoms with van der Waals surface area (Å²) in [6, 6.07) is 22.5. The summed E-state index contributed by atoms with van der Waals surface area (Å²) in [6.45, 7) is 5.98. The molecule has 1 aliphatic rings. The summed E-state index contributed by atoms with van der Waals surface area (Å²) in [6.07, 6.45) is 1.52. The lowest BCUT2D eigenvalue weighted by atomic mass is 9.99. The molecule has 0 unspecified atom stereocenters. The number of carbonyl (C=O) groups excluding carboxylic acids is 1. The second-order valence-corrected chi connectivity index (χ2v) is 8.39. The minimum atomic E-state index is -0.0629. The van der Waals surface area contributed by atoms with Crippen LogP contribution >= 0.6 is 0 Å². The fourth-order valence-electron chi connectivity index (χ4n) is 4.06. The van der Waals surface area contributed by atoms with E-state index in [-0.39, 0.29) is 5.91 Å². The third-order valence-corrected chi connectivity index (χ3v) is 5.89. The highest BCUT2D eigenvalue weighted by Crippen LogP contribution is 2.24. The fraction of sp³-hybridized carbons (Fsp3) is 0.321. The minimum Gasteiger partial charge on any atom is -0.491 e. The normalized spacial score (nSPS) is 14.5. The van der Waals surface area contributed by atoms with E-state index in [9.17, 15) is 4.79 Å². The van der Waals surface area contributed by atoms with E-state index in [2.05, 4.69) is 54.0 Å². The van der Waals surface area contributed by atoms with Crippen molar-refractivity contribution < 1.29 is 14.3 Å². The molecule has 0 radical (unpaired) electrons. The van der Waals surface area contributed by atoms with Crippen molar-refractivity contribution in [2.45, 2.75) is 26.3 Å². The number of carbonyl (C=O) groups is 1. The molecular weight excluding hydrogens is 412 g/mol. The first-order valence-corrected chi connectivity index (χ1v) is 11.6. The molecule has 0 atom stereocenters. The van der Waals surface area contributed by atoms with Crippen LogP contribution in [0, 0.1) is 6.92 Å². The van der Waals surface area contributed by atoms with Gasteiger partial charge in [0.2, 0.25) is 0 Å². The predicted octanol–water partition coefficient (Wildman–Crippen LogP) is 4.06. The van der Waals surface area contributed by atoms with Crippen LogP contribution in [0.3, 0.4) is 0 Å². The van der Waals surface area contributed by atoms with Gasteiger partial charge >= 0.3 is 0 Å². The van der Waals surface area contributed by atoms with Crippen LogP contribution in [0.25, 0.3) is 0 Å². The zero-order valence-electron chi connectivity index (χ0n) is 19.2. The predicted molar refractivity (Wildman–Crippen MR) is 131 cm³/mol. The molecule has 1 aliphatic heterocycles. The molecule has 0 aliphatic carbocycles. The molecular formula is C28H32N2O3. The first-order chi connectivity index (χ1) is 16.2. The van der Waals surface area contributed by atoms with Gasteiger partial charge in [0.15, 0.2) is 0 Å². The number of hydrogen-bond donors (Lipinski definition) is 2. The van der Waals surface area contributed by atoms with Crippen LogP contribution in [0.1, 0.15) is 38.2 Å². The molecule has 2 bridgehead atoms. The topological polar surface area (TPSA) is 59.6 Å². The van der Waals surface area contributed by atoms with Gasteiger partial charge < -0.3 is 20.1 Å². The largest absolute Gasteiger partial charge is 0.491 e. The number of nitrogens with one attached hydrogen (secondary N) is 2.